The molecule has 0 bridgehead atoms. The molecule has 0 radical (unpaired) electrons. The van der Waals surface area contributed by atoms with Crippen LogP contribution in [0.5, 0.6) is 0 Å². The maximum absolute atomic E-state index is 2.35. The topological polar surface area (TPSA) is 0 Å². The Labute approximate surface area is 114 Å². The lowest BCUT2D eigenvalue weighted by molar-refractivity contribution is 0.458. The molecule has 1 aliphatic rings. The summed E-state index contributed by atoms with van der Waals surface area (Å²) in [6, 6.07) is 9.36. The van der Waals surface area contributed by atoms with Crippen LogP contribution in [0.3, 0.4) is 0 Å². The van der Waals surface area contributed by atoms with Gasteiger partial charge in [0.2, 0.25) is 0 Å². The fourth-order valence-corrected chi connectivity index (χ4v) is 3.04. The number of hydrogen-bond acceptors (Lipinski definition) is 0. The molecular formula is C18H30. The van der Waals surface area contributed by atoms with Crippen LogP contribution in [-0.2, 0) is 11.8 Å². The van der Waals surface area contributed by atoms with Crippen LogP contribution in [0.25, 0.3) is 0 Å². The maximum Gasteiger partial charge on any atom is 0 e. The van der Waals surface area contributed by atoms with Crippen LogP contribution < -0.4 is 0 Å². The first-order valence-electron chi connectivity index (χ1n) is 7.65. The summed E-state index contributed by atoms with van der Waals surface area (Å²) in [4.78, 5) is 0. The number of hydrogen-bond donors (Lipinski definition) is 0. The Bertz CT molecular complexity index is 350. The molecule has 0 aromatic heterocycles. The second-order valence-corrected chi connectivity index (χ2v) is 7.01. The molecule has 1 fully saturated rings. The van der Waals surface area contributed by atoms with Crippen molar-refractivity contribution in [1.82, 2.24) is 0 Å². The van der Waals surface area contributed by atoms with E-state index in [1.807, 2.05) is 0 Å². The van der Waals surface area contributed by atoms with Gasteiger partial charge in [-0.15, -0.1) is 0 Å². The highest BCUT2D eigenvalue weighted by Crippen LogP contribution is 2.27. The molecule has 18 heavy (non-hydrogen) atoms. The molecule has 0 spiro atoms. The smallest absolute Gasteiger partial charge is 0 e. The highest BCUT2D eigenvalue weighted by Gasteiger charge is 2.15. The van der Waals surface area contributed by atoms with Gasteiger partial charge in [0.25, 0.3) is 0 Å². The van der Waals surface area contributed by atoms with Gasteiger partial charge in [0.15, 0.2) is 0 Å². The molecule has 2 rings (SSSR count). The van der Waals surface area contributed by atoms with Gasteiger partial charge in [-0.3, -0.25) is 0 Å². The molecule has 1 aromatic rings. The third-order valence-corrected chi connectivity index (χ3v) is 4.32. The molecule has 0 N–H and O–H groups in total. The van der Waals surface area contributed by atoms with Gasteiger partial charge in [-0.25, -0.2) is 0 Å². The van der Waals surface area contributed by atoms with E-state index in [1.165, 1.54) is 56.1 Å². The molecule has 0 aliphatic heterocycles. The Hall–Kier alpha value is -0.780. The first-order chi connectivity index (χ1) is 8.55. The standard InChI is InChI=1S/C18H28.H2/c1-18(2,3)17-12-10-16(11-13-17)14-15-8-6-4-5-7-9-15;/h10-13,15H,4-9,14H2,1-3H3;1H. The van der Waals surface area contributed by atoms with E-state index in [0.29, 0.717) is 0 Å². The highest BCUT2D eigenvalue weighted by molar-refractivity contribution is 5.27. The lowest BCUT2D eigenvalue weighted by Crippen LogP contribution is -2.11. The van der Waals surface area contributed by atoms with Crippen molar-refractivity contribution < 1.29 is 1.43 Å². The van der Waals surface area contributed by atoms with Gasteiger partial charge in [0, 0.05) is 1.43 Å². The van der Waals surface area contributed by atoms with Crippen LogP contribution in [0.2, 0.25) is 0 Å². The summed E-state index contributed by atoms with van der Waals surface area (Å²) in [5.74, 6) is 0.938. The zero-order valence-corrected chi connectivity index (χ0v) is 12.3. The van der Waals surface area contributed by atoms with Crippen molar-refractivity contribution in [2.45, 2.75) is 71.1 Å². The van der Waals surface area contributed by atoms with E-state index in [2.05, 4.69) is 45.0 Å². The minimum Gasteiger partial charge on any atom is -0.0587 e. The molecule has 0 atom stereocenters. The molecule has 1 saturated carbocycles. The predicted molar refractivity (Wildman–Crippen MR) is 82.2 cm³/mol. The van der Waals surface area contributed by atoms with Gasteiger partial charge < -0.3 is 0 Å². The second-order valence-electron chi connectivity index (χ2n) is 7.01. The average molecular weight is 246 g/mol. The SMILES string of the molecule is CC(C)(C)c1ccc(CC2CCCCCC2)cc1.[HH]. The maximum atomic E-state index is 2.35. The molecule has 0 nitrogen and oxygen atoms in total. The van der Waals surface area contributed by atoms with E-state index in [0.717, 1.165) is 5.92 Å². The Kier molecular flexibility index (Phi) is 4.48. The summed E-state index contributed by atoms with van der Waals surface area (Å²) in [6.07, 6.45) is 10.0. The van der Waals surface area contributed by atoms with Gasteiger partial charge in [-0.1, -0.05) is 83.6 Å². The van der Waals surface area contributed by atoms with Gasteiger partial charge in [-0.05, 0) is 28.9 Å². The summed E-state index contributed by atoms with van der Waals surface area (Å²) in [5.41, 5.74) is 3.27. The molecule has 102 valence electrons. The van der Waals surface area contributed by atoms with Gasteiger partial charge in [0.1, 0.15) is 0 Å². The van der Waals surface area contributed by atoms with Crippen LogP contribution in [0, 0.1) is 5.92 Å². The van der Waals surface area contributed by atoms with Gasteiger partial charge in [-0.2, -0.15) is 0 Å². The van der Waals surface area contributed by atoms with Crippen molar-refractivity contribution in [2.75, 3.05) is 0 Å². The lowest BCUT2D eigenvalue weighted by Gasteiger charge is -2.20. The zero-order valence-electron chi connectivity index (χ0n) is 12.3. The lowest BCUT2D eigenvalue weighted by atomic mass is 9.85. The Morgan fingerprint density at radius 2 is 1.50 bits per heavy atom. The largest absolute Gasteiger partial charge is 0.0587 e. The summed E-state index contributed by atoms with van der Waals surface area (Å²) in [6.45, 7) is 6.86. The van der Waals surface area contributed by atoms with Crippen molar-refractivity contribution in [3.63, 3.8) is 0 Å². The first-order valence-corrected chi connectivity index (χ1v) is 7.65. The molecule has 1 aliphatic carbocycles. The third-order valence-electron chi connectivity index (χ3n) is 4.32. The van der Waals surface area contributed by atoms with Crippen molar-refractivity contribution in [1.29, 1.82) is 0 Å². The minimum absolute atomic E-state index is 0. The second kappa shape index (κ2) is 5.91. The molecular weight excluding hydrogens is 216 g/mol. The van der Waals surface area contributed by atoms with E-state index >= 15 is 0 Å². The quantitative estimate of drug-likeness (QED) is 0.583. The van der Waals surface area contributed by atoms with E-state index < -0.39 is 0 Å². The Morgan fingerprint density at radius 1 is 0.944 bits per heavy atom. The van der Waals surface area contributed by atoms with Gasteiger partial charge >= 0.3 is 0 Å². The molecule has 0 unspecified atom stereocenters. The first kappa shape index (κ1) is 13.6. The molecule has 1 aromatic carbocycles. The fraction of sp³-hybridized carbons (Fsp3) is 0.667. The van der Waals surface area contributed by atoms with Crippen molar-refractivity contribution in [3.8, 4) is 0 Å². The van der Waals surface area contributed by atoms with Crippen LogP contribution in [0.15, 0.2) is 24.3 Å². The Balaban J connectivity index is 0.00000180. The van der Waals surface area contributed by atoms with E-state index in [1.54, 1.807) is 0 Å². The molecule has 0 amide bonds. The average Bonchev–Trinajstić information content (AvgIpc) is 2.57. The van der Waals surface area contributed by atoms with E-state index in [-0.39, 0.29) is 6.84 Å². The highest BCUT2D eigenvalue weighted by atomic mass is 14.2. The predicted octanol–water partition coefficient (Wildman–Crippen LogP) is 5.74. The monoisotopic (exact) mass is 246 g/mol. The van der Waals surface area contributed by atoms with Crippen LogP contribution in [-0.4, -0.2) is 0 Å². The summed E-state index contributed by atoms with van der Waals surface area (Å²) in [7, 11) is 0. The number of rotatable bonds is 2. The van der Waals surface area contributed by atoms with Crippen LogP contribution in [0.1, 0.15) is 71.8 Å². The molecule has 0 saturated heterocycles. The zero-order chi connectivity index (χ0) is 13.0. The normalized spacial score (nSPS) is 18.6. The summed E-state index contributed by atoms with van der Waals surface area (Å²) >= 11 is 0. The van der Waals surface area contributed by atoms with E-state index in [9.17, 15) is 0 Å². The van der Waals surface area contributed by atoms with E-state index in [4.69, 9.17) is 0 Å². The Morgan fingerprint density at radius 3 is 2.00 bits per heavy atom. The third kappa shape index (κ3) is 3.86. The summed E-state index contributed by atoms with van der Waals surface area (Å²) < 4.78 is 0. The van der Waals surface area contributed by atoms with Gasteiger partial charge in [0.05, 0.1) is 0 Å². The van der Waals surface area contributed by atoms with Crippen LogP contribution >= 0.6 is 0 Å². The van der Waals surface area contributed by atoms with Crippen LogP contribution in [0.4, 0.5) is 0 Å². The molecule has 0 heteroatoms. The van der Waals surface area contributed by atoms with Crippen molar-refractivity contribution in [3.05, 3.63) is 35.4 Å². The minimum atomic E-state index is 0. The summed E-state index contributed by atoms with van der Waals surface area (Å²) in [5, 5.41) is 0. The van der Waals surface area contributed by atoms with Crippen molar-refractivity contribution >= 4 is 0 Å². The molecule has 0 heterocycles. The van der Waals surface area contributed by atoms with Crippen molar-refractivity contribution in [2.24, 2.45) is 5.92 Å². The fourth-order valence-electron chi connectivity index (χ4n) is 3.04. The number of benzene rings is 1.